The molecule has 2 heterocycles. The van der Waals surface area contributed by atoms with Crippen molar-refractivity contribution in [3.8, 4) is 0 Å². The first-order valence-electron chi connectivity index (χ1n) is 3.03. The maximum atomic E-state index is 3.78. The summed E-state index contributed by atoms with van der Waals surface area (Å²) in [6.07, 6.45) is 11.5. The molecule has 52 valence electrons. The van der Waals surface area contributed by atoms with Gasteiger partial charge in [0.25, 0.3) is 0 Å². The zero-order chi connectivity index (χ0) is 7.07. The van der Waals surface area contributed by atoms with Crippen molar-refractivity contribution in [2.24, 2.45) is 4.99 Å². The second-order valence-electron chi connectivity index (χ2n) is 1.66. The molecule has 0 saturated carbocycles. The Morgan fingerprint density at radius 2 is 2.40 bits per heavy atom. The molecule has 10 heavy (non-hydrogen) atoms. The molecule has 1 aromatic heterocycles. The lowest BCUT2D eigenvalue weighted by molar-refractivity contribution is 1.29. The monoisotopic (exact) mass is 134 g/mol. The first-order valence-corrected chi connectivity index (χ1v) is 3.03. The van der Waals surface area contributed by atoms with Crippen LogP contribution in [-0.2, 0) is 0 Å². The van der Waals surface area contributed by atoms with Gasteiger partial charge >= 0.3 is 0 Å². The highest BCUT2D eigenvalue weighted by atomic mass is 14.8. The van der Waals surface area contributed by atoms with Gasteiger partial charge in [0.15, 0.2) is 0 Å². The van der Waals surface area contributed by atoms with Gasteiger partial charge in [-0.15, -0.1) is 0 Å². The van der Waals surface area contributed by atoms with Gasteiger partial charge in [0.05, 0.1) is 0 Å². The van der Waals surface area contributed by atoms with Crippen molar-refractivity contribution in [3.63, 3.8) is 0 Å². The van der Waals surface area contributed by atoms with Crippen LogP contribution in [0.2, 0.25) is 0 Å². The van der Waals surface area contributed by atoms with E-state index in [1.807, 2.05) is 12.3 Å². The van der Waals surface area contributed by atoms with Crippen molar-refractivity contribution in [2.45, 2.75) is 6.42 Å². The van der Waals surface area contributed by atoms with E-state index in [9.17, 15) is 0 Å². The molecule has 0 aliphatic carbocycles. The predicted octanol–water partition coefficient (Wildman–Crippen LogP) is 1.01. The second kappa shape index (κ2) is 4.49. The second-order valence-corrected chi connectivity index (χ2v) is 1.66. The van der Waals surface area contributed by atoms with Gasteiger partial charge in [0, 0.05) is 18.8 Å². The SMILES string of the molecule is C1=CN=CC1.c1c[n-]cn1. The van der Waals surface area contributed by atoms with Crippen LogP contribution in [0.3, 0.4) is 0 Å². The fourth-order valence-electron chi connectivity index (χ4n) is 0.497. The largest absolute Gasteiger partial charge is 0.450 e. The van der Waals surface area contributed by atoms with E-state index in [1.54, 1.807) is 18.6 Å². The Bertz CT molecular complexity index is 171. The smallest absolute Gasteiger partial charge is 0.0227 e. The minimum absolute atomic E-state index is 1.03. The highest BCUT2D eigenvalue weighted by Gasteiger charge is 1.73. The highest BCUT2D eigenvalue weighted by Crippen LogP contribution is 1.86. The fourth-order valence-corrected chi connectivity index (χ4v) is 0.497. The maximum Gasteiger partial charge on any atom is 0.0227 e. The lowest BCUT2D eigenvalue weighted by atomic mass is 10.5. The Morgan fingerprint density at radius 3 is 2.60 bits per heavy atom. The summed E-state index contributed by atoms with van der Waals surface area (Å²) in [5.41, 5.74) is 0. The predicted molar refractivity (Wildman–Crippen MR) is 39.8 cm³/mol. The van der Waals surface area contributed by atoms with E-state index in [0.717, 1.165) is 6.42 Å². The van der Waals surface area contributed by atoms with Gasteiger partial charge in [0.1, 0.15) is 0 Å². The molecule has 3 heteroatoms. The molecule has 0 aromatic carbocycles. The van der Waals surface area contributed by atoms with Gasteiger partial charge < -0.3 is 9.97 Å². The van der Waals surface area contributed by atoms with Crippen LogP contribution in [0.25, 0.3) is 0 Å². The fraction of sp³-hybridized carbons (Fsp3) is 0.143. The van der Waals surface area contributed by atoms with Crippen molar-refractivity contribution in [1.82, 2.24) is 9.97 Å². The molecular weight excluding hydrogens is 126 g/mol. The summed E-state index contributed by atoms with van der Waals surface area (Å²) in [5.74, 6) is 0. The molecule has 0 atom stereocenters. The third-order valence-electron chi connectivity index (χ3n) is 0.911. The van der Waals surface area contributed by atoms with Gasteiger partial charge in [-0.05, 0) is 0 Å². The lowest BCUT2D eigenvalue weighted by Crippen LogP contribution is -1.51. The van der Waals surface area contributed by atoms with Crippen molar-refractivity contribution in [3.05, 3.63) is 31.0 Å². The zero-order valence-electron chi connectivity index (χ0n) is 5.51. The molecule has 1 aliphatic heterocycles. The average Bonchev–Trinajstić information content (AvgIpc) is 2.67. The molecule has 2 rings (SSSR count). The molecule has 0 fully saturated rings. The molecule has 3 nitrogen and oxygen atoms in total. The van der Waals surface area contributed by atoms with E-state index in [2.05, 4.69) is 15.0 Å². The van der Waals surface area contributed by atoms with Crippen LogP contribution in [-0.4, -0.2) is 11.2 Å². The summed E-state index contributed by atoms with van der Waals surface area (Å²) < 4.78 is 0. The summed E-state index contributed by atoms with van der Waals surface area (Å²) >= 11 is 0. The number of imidazole rings is 1. The van der Waals surface area contributed by atoms with Gasteiger partial charge in [0.2, 0.25) is 0 Å². The van der Waals surface area contributed by atoms with E-state index in [-0.39, 0.29) is 0 Å². The summed E-state index contributed by atoms with van der Waals surface area (Å²) in [6.45, 7) is 0. The van der Waals surface area contributed by atoms with Crippen LogP contribution in [0.15, 0.2) is 36.0 Å². The van der Waals surface area contributed by atoms with E-state index in [0.29, 0.717) is 0 Å². The molecule has 1 aliphatic rings. The highest BCUT2D eigenvalue weighted by molar-refractivity contribution is 5.62. The number of aromatic nitrogens is 2. The molecule has 0 N–H and O–H groups in total. The van der Waals surface area contributed by atoms with Crippen LogP contribution in [0.1, 0.15) is 6.42 Å². The molecule has 0 amide bonds. The Labute approximate surface area is 59.5 Å². The maximum absolute atomic E-state index is 3.78. The lowest BCUT2D eigenvalue weighted by Gasteiger charge is -1.61. The molecule has 0 radical (unpaired) electrons. The third kappa shape index (κ3) is 2.81. The van der Waals surface area contributed by atoms with Gasteiger partial charge in [-0.1, -0.05) is 24.8 Å². The summed E-state index contributed by atoms with van der Waals surface area (Å²) in [5, 5.41) is 0. The van der Waals surface area contributed by atoms with E-state index in [1.165, 1.54) is 6.33 Å². The van der Waals surface area contributed by atoms with Crippen LogP contribution < -0.4 is 4.98 Å². The molecule has 0 unspecified atom stereocenters. The number of nitrogens with zero attached hydrogens (tertiary/aromatic N) is 3. The summed E-state index contributed by atoms with van der Waals surface area (Å²) in [4.78, 5) is 11.0. The summed E-state index contributed by atoms with van der Waals surface area (Å²) in [7, 11) is 0. The van der Waals surface area contributed by atoms with Crippen molar-refractivity contribution < 1.29 is 0 Å². The molecule has 0 spiro atoms. The quantitative estimate of drug-likeness (QED) is 0.531. The molecule has 0 saturated heterocycles. The van der Waals surface area contributed by atoms with Gasteiger partial charge in [-0.3, -0.25) is 4.99 Å². The average molecular weight is 134 g/mol. The summed E-state index contributed by atoms with van der Waals surface area (Å²) in [6, 6.07) is 0. The normalized spacial score (nSPS) is 12.8. The van der Waals surface area contributed by atoms with Gasteiger partial charge in [-0.2, -0.15) is 0 Å². The third-order valence-corrected chi connectivity index (χ3v) is 0.911. The molecular formula is C7H8N3-. The molecule has 0 bridgehead atoms. The van der Waals surface area contributed by atoms with Crippen LogP contribution in [0.4, 0.5) is 0 Å². The Hall–Kier alpha value is -1.38. The minimum atomic E-state index is 1.03. The van der Waals surface area contributed by atoms with Crippen molar-refractivity contribution >= 4 is 6.21 Å². The van der Waals surface area contributed by atoms with Crippen LogP contribution >= 0.6 is 0 Å². The van der Waals surface area contributed by atoms with Crippen molar-refractivity contribution in [2.75, 3.05) is 0 Å². The van der Waals surface area contributed by atoms with Crippen LogP contribution in [0, 0.1) is 0 Å². The van der Waals surface area contributed by atoms with E-state index in [4.69, 9.17) is 0 Å². The van der Waals surface area contributed by atoms with Crippen molar-refractivity contribution in [1.29, 1.82) is 0 Å². The number of hydrogen-bond acceptors (Lipinski definition) is 2. The zero-order valence-corrected chi connectivity index (χ0v) is 5.51. The Morgan fingerprint density at radius 1 is 1.40 bits per heavy atom. The first-order chi connectivity index (χ1) is 5.00. The number of aliphatic imine (C=N–C) groups is 1. The van der Waals surface area contributed by atoms with Crippen LogP contribution in [0.5, 0.6) is 0 Å². The first kappa shape index (κ1) is 6.74. The van der Waals surface area contributed by atoms with E-state index < -0.39 is 0 Å². The Balaban J connectivity index is 0.0000001000. The number of rotatable bonds is 0. The minimum Gasteiger partial charge on any atom is -0.450 e. The number of allylic oxidation sites excluding steroid dienone is 1. The van der Waals surface area contributed by atoms with Gasteiger partial charge in [-0.25, -0.2) is 0 Å². The molecule has 1 aromatic rings. The van der Waals surface area contributed by atoms with E-state index >= 15 is 0 Å². The Kier molecular flexibility index (Phi) is 3.03. The topological polar surface area (TPSA) is 39.4 Å². The number of hydrogen-bond donors (Lipinski definition) is 0. The standard InChI is InChI=1S/C4H5N.C3H3N2/c1-2-4-5-3-1;1-2-5-3-4-1/h1,3-4H,2H2;1-3H/q;-1.